The first-order chi connectivity index (χ1) is 19.4. The van der Waals surface area contributed by atoms with Gasteiger partial charge in [-0.25, -0.2) is 9.59 Å². The summed E-state index contributed by atoms with van der Waals surface area (Å²) >= 11 is 0. The van der Waals surface area contributed by atoms with Crippen molar-refractivity contribution in [3.05, 3.63) is 47.6 Å². The van der Waals surface area contributed by atoms with Crippen LogP contribution in [0.4, 0.5) is 0 Å². The average molecular weight is 575 g/mol. The van der Waals surface area contributed by atoms with Crippen LogP contribution in [0.5, 0.6) is 0 Å². The van der Waals surface area contributed by atoms with Gasteiger partial charge in [0.2, 0.25) is 0 Å². The highest BCUT2D eigenvalue weighted by atomic mass is 16.6. The molecule has 2 N–H and O–H groups in total. The van der Waals surface area contributed by atoms with Crippen LogP contribution in [0.25, 0.3) is 0 Å². The zero-order chi connectivity index (χ0) is 30.0. The molecule has 1 spiro atoms. The molecule has 10 heteroatoms. The lowest BCUT2D eigenvalue weighted by Crippen LogP contribution is -2.66. The summed E-state index contributed by atoms with van der Waals surface area (Å²) in [5, 5.41) is 19.3. The number of aliphatic hydroxyl groups is 2. The average Bonchev–Trinajstić information content (AvgIpc) is 3.68. The van der Waals surface area contributed by atoms with Gasteiger partial charge in [-0.05, 0) is 40.0 Å². The van der Waals surface area contributed by atoms with E-state index in [1.54, 1.807) is 13.8 Å². The third-order valence-corrected chi connectivity index (χ3v) is 9.30. The molecule has 1 saturated carbocycles. The molecule has 2 saturated heterocycles. The molecule has 4 aliphatic rings. The van der Waals surface area contributed by atoms with E-state index in [1.165, 1.54) is 42.9 Å². The summed E-state index contributed by atoms with van der Waals surface area (Å²) in [7, 11) is 0. The van der Waals surface area contributed by atoms with Crippen LogP contribution in [0.15, 0.2) is 47.6 Å². The highest BCUT2D eigenvalue weighted by Crippen LogP contribution is 2.72. The summed E-state index contributed by atoms with van der Waals surface area (Å²) in [5.74, 6) is -1.54. The molecule has 0 aromatic carbocycles. The number of carbonyl (C=O) groups excluding carboxylic acids is 3. The molecule has 41 heavy (non-hydrogen) atoms. The van der Waals surface area contributed by atoms with Crippen LogP contribution in [0, 0.1) is 10.8 Å². The standard InChI is InChI=1S/C31H42O10/c1-19-10-12-30(17-37-28(36)15-20(2)11-13-32)25(14-19)40-26-16-24(29(30,5)31(26)18-38-31)41-27(35)9-7-6-8-23(34)21(3)39-22(4)33/h6-9,14-15,21,23-26,32,34H,10-13,16-18H2,1-5H3/b8-6+,9-7-,20-15+/t21-,23+,24-,25-,26-,29-,30-,31+/m1/s1. The number of hydrogen-bond acceptors (Lipinski definition) is 10. The monoisotopic (exact) mass is 574 g/mol. The van der Waals surface area contributed by atoms with Gasteiger partial charge in [-0.1, -0.05) is 42.4 Å². The van der Waals surface area contributed by atoms with E-state index in [4.69, 9.17) is 28.8 Å². The van der Waals surface area contributed by atoms with Gasteiger partial charge in [-0.15, -0.1) is 0 Å². The second kappa shape index (κ2) is 12.2. The van der Waals surface area contributed by atoms with Crippen molar-refractivity contribution in [2.24, 2.45) is 10.8 Å². The maximum atomic E-state index is 13.0. The highest BCUT2D eigenvalue weighted by molar-refractivity contribution is 5.83. The minimum absolute atomic E-state index is 0.0515. The van der Waals surface area contributed by atoms with Crippen LogP contribution in [-0.4, -0.2) is 84.1 Å². The van der Waals surface area contributed by atoms with Gasteiger partial charge in [0.05, 0.1) is 24.2 Å². The Balaban J connectivity index is 1.53. The fourth-order valence-corrected chi connectivity index (χ4v) is 6.80. The van der Waals surface area contributed by atoms with Gasteiger partial charge >= 0.3 is 17.9 Å². The highest BCUT2D eigenvalue weighted by Gasteiger charge is 2.83. The van der Waals surface area contributed by atoms with Crippen molar-refractivity contribution in [2.45, 2.75) is 96.4 Å². The Morgan fingerprint density at radius 2 is 1.95 bits per heavy atom. The van der Waals surface area contributed by atoms with Gasteiger partial charge in [0.15, 0.2) is 0 Å². The minimum atomic E-state index is -1.03. The molecule has 226 valence electrons. The Labute approximate surface area is 241 Å². The summed E-state index contributed by atoms with van der Waals surface area (Å²) in [5.41, 5.74) is -0.0936. The predicted octanol–water partition coefficient (Wildman–Crippen LogP) is 2.87. The SMILES string of the molecule is CC(=O)O[C@H](C)[C@@H](O)/C=C/C=C\C(=O)O[C@@H]1C[C@H]2O[C@@H]3C=C(C)CC[C@]3(COC(=O)/C=C(\C)CCO)[C@]1(C)[C@]21CO1. The molecule has 10 nitrogen and oxygen atoms in total. The van der Waals surface area contributed by atoms with E-state index in [0.717, 1.165) is 12.0 Å². The molecule has 3 fully saturated rings. The quantitative estimate of drug-likeness (QED) is 0.0945. The number of carbonyl (C=O) groups is 3. The molecule has 4 rings (SSSR count). The van der Waals surface area contributed by atoms with E-state index in [9.17, 15) is 19.5 Å². The van der Waals surface area contributed by atoms with E-state index in [2.05, 4.69) is 19.9 Å². The Kier molecular flexibility index (Phi) is 9.28. The Morgan fingerprint density at radius 1 is 1.22 bits per heavy atom. The fourth-order valence-electron chi connectivity index (χ4n) is 6.80. The predicted molar refractivity (Wildman–Crippen MR) is 147 cm³/mol. The van der Waals surface area contributed by atoms with Gasteiger partial charge in [0.1, 0.15) is 30.5 Å². The lowest BCUT2D eigenvalue weighted by Gasteiger charge is -2.58. The van der Waals surface area contributed by atoms with Gasteiger partial charge in [-0.3, -0.25) is 4.79 Å². The van der Waals surface area contributed by atoms with Crippen LogP contribution in [0.2, 0.25) is 0 Å². The summed E-state index contributed by atoms with van der Waals surface area (Å²) in [6.07, 6.45) is 8.55. The molecule has 0 aromatic rings. The van der Waals surface area contributed by atoms with E-state index in [1.807, 2.05) is 0 Å². The molecular weight excluding hydrogens is 532 g/mol. The number of epoxide rings is 1. The van der Waals surface area contributed by atoms with E-state index in [-0.39, 0.29) is 25.4 Å². The van der Waals surface area contributed by atoms with Crippen molar-refractivity contribution in [3.8, 4) is 0 Å². The molecule has 2 aliphatic heterocycles. The molecule has 0 aromatic heterocycles. The molecule has 2 heterocycles. The van der Waals surface area contributed by atoms with Crippen LogP contribution >= 0.6 is 0 Å². The summed E-state index contributed by atoms with van der Waals surface area (Å²) in [6.45, 7) is 9.22. The number of hydrogen-bond donors (Lipinski definition) is 2. The maximum Gasteiger partial charge on any atom is 0.331 e. The largest absolute Gasteiger partial charge is 0.462 e. The lowest BCUT2D eigenvalue weighted by atomic mass is 9.51. The zero-order valence-corrected chi connectivity index (χ0v) is 24.5. The second-order valence-electron chi connectivity index (χ2n) is 11.9. The smallest absolute Gasteiger partial charge is 0.331 e. The summed E-state index contributed by atoms with van der Waals surface area (Å²) in [4.78, 5) is 36.8. The topological polar surface area (TPSA) is 141 Å². The number of allylic oxidation sites excluding steroid dienone is 3. The molecule has 8 atom stereocenters. The Bertz CT molecular complexity index is 1150. The Morgan fingerprint density at radius 3 is 2.61 bits per heavy atom. The molecule has 2 aliphatic carbocycles. The zero-order valence-electron chi connectivity index (χ0n) is 24.5. The molecule has 0 amide bonds. The van der Waals surface area contributed by atoms with Crippen molar-refractivity contribution in [3.63, 3.8) is 0 Å². The minimum Gasteiger partial charge on any atom is -0.462 e. The van der Waals surface area contributed by atoms with Gasteiger partial charge < -0.3 is 33.9 Å². The molecule has 2 bridgehead atoms. The summed E-state index contributed by atoms with van der Waals surface area (Å²) < 4.78 is 29.6. The van der Waals surface area contributed by atoms with E-state index in [0.29, 0.717) is 25.9 Å². The van der Waals surface area contributed by atoms with Crippen molar-refractivity contribution >= 4 is 17.9 Å². The molecule has 0 unspecified atom stereocenters. The normalized spacial score (nSPS) is 35.6. The van der Waals surface area contributed by atoms with Crippen LogP contribution < -0.4 is 0 Å². The van der Waals surface area contributed by atoms with E-state index >= 15 is 0 Å². The number of rotatable bonds is 11. The first kappa shape index (κ1) is 31.2. The first-order valence-corrected chi connectivity index (χ1v) is 14.2. The van der Waals surface area contributed by atoms with E-state index < -0.39 is 52.7 Å². The van der Waals surface area contributed by atoms with Gasteiger partial charge in [-0.2, -0.15) is 0 Å². The van der Waals surface area contributed by atoms with Gasteiger partial charge in [0, 0.05) is 37.5 Å². The van der Waals surface area contributed by atoms with Crippen LogP contribution in [0.3, 0.4) is 0 Å². The number of ether oxygens (including phenoxy) is 5. The number of esters is 3. The summed E-state index contributed by atoms with van der Waals surface area (Å²) in [6, 6.07) is 0. The Hall–Kier alpha value is -2.79. The van der Waals surface area contributed by atoms with Crippen LogP contribution in [0.1, 0.15) is 60.3 Å². The molecular formula is C31H42O10. The van der Waals surface area contributed by atoms with Crippen LogP contribution in [-0.2, 0) is 38.1 Å². The number of aliphatic hydroxyl groups excluding tert-OH is 2. The second-order valence-corrected chi connectivity index (χ2v) is 11.9. The fraction of sp³-hybridized carbons (Fsp3) is 0.645. The third kappa shape index (κ3) is 5.93. The van der Waals surface area contributed by atoms with Crippen molar-refractivity contribution in [1.29, 1.82) is 0 Å². The lowest BCUT2D eigenvalue weighted by molar-refractivity contribution is -0.232. The molecule has 0 radical (unpaired) electrons. The van der Waals surface area contributed by atoms with Crippen molar-refractivity contribution in [1.82, 2.24) is 0 Å². The third-order valence-electron chi connectivity index (χ3n) is 9.30. The number of fused-ring (bicyclic) bond motifs is 2. The van der Waals surface area contributed by atoms with Crippen molar-refractivity contribution < 1.29 is 48.3 Å². The first-order valence-electron chi connectivity index (χ1n) is 14.2. The van der Waals surface area contributed by atoms with Crippen molar-refractivity contribution in [2.75, 3.05) is 19.8 Å². The maximum absolute atomic E-state index is 13.0. The van der Waals surface area contributed by atoms with Gasteiger partial charge in [0.25, 0.3) is 0 Å².